The number of amides is 1. The smallest absolute Gasteiger partial charge is 0.255 e. The summed E-state index contributed by atoms with van der Waals surface area (Å²) in [4.78, 5) is 16.7. The molecular formula is C15H11BrN2OS2. The van der Waals surface area contributed by atoms with Gasteiger partial charge in [-0.15, -0.1) is 11.3 Å². The molecule has 1 amide bonds. The molecule has 1 heterocycles. The van der Waals surface area contributed by atoms with Gasteiger partial charge in [0.15, 0.2) is 4.34 Å². The minimum atomic E-state index is -0.114. The number of fused-ring (bicyclic) bond motifs is 1. The van der Waals surface area contributed by atoms with Crippen LogP contribution >= 0.6 is 39.0 Å². The first-order valence-corrected chi connectivity index (χ1v) is 9.00. The standard InChI is InChI=1S/C15H11BrN2OS2/c1-20-15-18-12-7-6-11(8-13(12)21-15)17-14(19)9-2-4-10(16)5-3-9/h2-8H,1H3,(H,17,19). The first-order chi connectivity index (χ1) is 10.2. The summed E-state index contributed by atoms with van der Waals surface area (Å²) in [6.45, 7) is 0. The number of thiazole rings is 1. The zero-order valence-electron chi connectivity index (χ0n) is 11.1. The molecule has 0 radical (unpaired) electrons. The minimum absolute atomic E-state index is 0.114. The lowest BCUT2D eigenvalue weighted by molar-refractivity contribution is 0.102. The second-order valence-electron chi connectivity index (χ2n) is 4.33. The van der Waals surface area contributed by atoms with Crippen molar-refractivity contribution in [1.29, 1.82) is 0 Å². The predicted molar refractivity (Wildman–Crippen MR) is 93.5 cm³/mol. The Morgan fingerprint density at radius 3 is 2.71 bits per heavy atom. The lowest BCUT2D eigenvalue weighted by atomic mass is 10.2. The highest BCUT2D eigenvalue weighted by atomic mass is 79.9. The fourth-order valence-electron chi connectivity index (χ4n) is 1.87. The molecule has 2 aromatic carbocycles. The van der Waals surface area contributed by atoms with Gasteiger partial charge in [0.1, 0.15) is 0 Å². The quantitative estimate of drug-likeness (QED) is 0.649. The van der Waals surface area contributed by atoms with Gasteiger partial charge in [-0.25, -0.2) is 4.98 Å². The third-order valence-corrected chi connectivity index (χ3v) is 5.44. The molecule has 0 aliphatic heterocycles. The average Bonchev–Trinajstić information content (AvgIpc) is 2.90. The Hall–Kier alpha value is -1.37. The number of halogens is 1. The van der Waals surface area contributed by atoms with Gasteiger partial charge < -0.3 is 5.32 Å². The highest BCUT2D eigenvalue weighted by molar-refractivity contribution is 9.10. The fraction of sp³-hybridized carbons (Fsp3) is 0.0667. The molecule has 0 aliphatic rings. The van der Waals surface area contributed by atoms with Crippen LogP contribution in [0.4, 0.5) is 5.69 Å². The molecule has 3 aromatic rings. The maximum absolute atomic E-state index is 12.2. The van der Waals surface area contributed by atoms with Gasteiger partial charge in [0.05, 0.1) is 10.2 Å². The van der Waals surface area contributed by atoms with Crippen molar-refractivity contribution in [3.63, 3.8) is 0 Å². The maximum atomic E-state index is 12.2. The van der Waals surface area contributed by atoms with Gasteiger partial charge in [-0.2, -0.15) is 0 Å². The number of hydrogen-bond acceptors (Lipinski definition) is 4. The second kappa shape index (κ2) is 6.17. The lowest BCUT2D eigenvalue weighted by Gasteiger charge is -2.05. The summed E-state index contributed by atoms with van der Waals surface area (Å²) in [5.41, 5.74) is 2.38. The highest BCUT2D eigenvalue weighted by Crippen LogP contribution is 2.30. The number of thioether (sulfide) groups is 1. The predicted octanol–water partition coefficient (Wildman–Crippen LogP) is 5.03. The van der Waals surface area contributed by atoms with E-state index in [9.17, 15) is 4.79 Å². The number of benzene rings is 2. The molecule has 1 N–H and O–H groups in total. The monoisotopic (exact) mass is 378 g/mol. The van der Waals surface area contributed by atoms with Crippen molar-refractivity contribution in [2.75, 3.05) is 11.6 Å². The van der Waals surface area contributed by atoms with Crippen LogP contribution in [0.1, 0.15) is 10.4 Å². The van der Waals surface area contributed by atoms with Crippen LogP contribution in [0.3, 0.4) is 0 Å². The first kappa shape index (κ1) is 14.6. The van der Waals surface area contributed by atoms with Crippen LogP contribution in [0.5, 0.6) is 0 Å². The Balaban J connectivity index is 1.83. The summed E-state index contributed by atoms with van der Waals surface area (Å²) >= 11 is 6.62. The molecule has 106 valence electrons. The van der Waals surface area contributed by atoms with E-state index in [0.29, 0.717) is 5.56 Å². The molecule has 0 unspecified atom stereocenters. The summed E-state index contributed by atoms with van der Waals surface area (Å²) < 4.78 is 3.06. The van der Waals surface area contributed by atoms with Crippen LogP contribution in [0.2, 0.25) is 0 Å². The summed E-state index contributed by atoms with van der Waals surface area (Å²) in [7, 11) is 0. The largest absolute Gasteiger partial charge is 0.322 e. The van der Waals surface area contributed by atoms with Gasteiger partial charge in [0.2, 0.25) is 0 Å². The number of carbonyl (C=O) groups excluding carboxylic acids is 1. The normalized spacial score (nSPS) is 10.8. The number of rotatable bonds is 3. The molecule has 0 atom stereocenters. The van der Waals surface area contributed by atoms with Crippen molar-refractivity contribution in [3.8, 4) is 0 Å². The second-order valence-corrected chi connectivity index (χ2v) is 7.33. The molecule has 0 saturated carbocycles. The molecule has 3 nitrogen and oxygen atoms in total. The molecule has 6 heteroatoms. The van der Waals surface area contributed by atoms with Crippen molar-refractivity contribution < 1.29 is 4.79 Å². The SMILES string of the molecule is CSc1nc2ccc(NC(=O)c3ccc(Br)cc3)cc2s1. The Bertz CT molecular complexity index is 799. The van der Waals surface area contributed by atoms with Gasteiger partial charge in [-0.05, 0) is 48.7 Å². The van der Waals surface area contributed by atoms with Crippen LogP contribution in [-0.4, -0.2) is 17.1 Å². The van der Waals surface area contributed by atoms with E-state index in [4.69, 9.17) is 0 Å². The molecule has 1 aromatic heterocycles. The number of aromatic nitrogens is 1. The van der Waals surface area contributed by atoms with Gasteiger partial charge in [0.25, 0.3) is 5.91 Å². The maximum Gasteiger partial charge on any atom is 0.255 e. The minimum Gasteiger partial charge on any atom is -0.322 e. The zero-order valence-corrected chi connectivity index (χ0v) is 14.3. The van der Waals surface area contributed by atoms with Crippen LogP contribution in [0, 0.1) is 0 Å². The summed E-state index contributed by atoms with van der Waals surface area (Å²) in [6, 6.07) is 13.1. The molecule has 0 spiro atoms. The van der Waals surface area contributed by atoms with Gasteiger partial charge >= 0.3 is 0 Å². The van der Waals surface area contributed by atoms with Crippen molar-refractivity contribution in [2.24, 2.45) is 0 Å². The van der Waals surface area contributed by atoms with Crippen LogP contribution in [0.15, 0.2) is 51.3 Å². The van der Waals surface area contributed by atoms with E-state index >= 15 is 0 Å². The number of hydrogen-bond donors (Lipinski definition) is 1. The number of carbonyl (C=O) groups is 1. The van der Waals surface area contributed by atoms with E-state index in [1.165, 1.54) is 0 Å². The average molecular weight is 379 g/mol. The van der Waals surface area contributed by atoms with Gasteiger partial charge in [0, 0.05) is 15.7 Å². The molecule has 3 rings (SSSR count). The van der Waals surface area contributed by atoms with E-state index in [1.54, 1.807) is 35.2 Å². The van der Waals surface area contributed by atoms with E-state index in [2.05, 4.69) is 26.2 Å². The van der Waals surface area contributed by atoms with Crippen LogP contribution < -0.4 is 5.32 Å². The third-order valence-electron chi connectivity index (χ3n) is 2.91. The van der Waals surface area contributed by atoms with Crippen LogP contribution in [0.25, 0.3) is 10.2 Å². The van der Waals surface area contributed by atoms with Crippen molar-refractivity contribution >= 4 is 60.8 Å². The summed E-state index contributed by atoms with van der Waals surface area (Å²) in [5, 5.41) is 2.91. The highest BCUT2D eigenvalue weighted by Gasteiger charge is 2.08. The van der Waals surface area contributed by atoms with Crippen LogP contribution in [-0.2, 0) is 0 Å². The van der Waals surface area contributed by atoms with E-state index in [1.807, 2.05) is 36.6 Å². The van der Waals surface area contributed by atoms with Crippen molar-refractivity contribution in [2.45, 2.75) is 4.34 Å². The Labute approximate surface area is 138 Å². The number of nitrogens with one attached hydrogen (secondary N) is 1. The van der Waals surface area contributed by atoms with Gasteiger partial charge in [-0.3, -0.25) is 4.79 Å². The molecular weight excluding hydrogens is 368 g/mol. The Morgan fingerprint density at radius 2 is 2.00 bits per heavy atom. The fourth-order valence-corrected chi connectivity index (χ4v) is 3.67. The summed E-state index contributed by atoms with van der Waals surface area (Å²) in [5.74, 6) is -0.114. The third kappa shape index (κ3) is 3.28. The Kier molecular flexibility index (Phi) is 4.28. The molecule has 0 fully saturated rings. The molecule has 0 bridgehead atoms. The molecule has 0 aliphatic carbocycles. The van der Waals surface area contributed by atoms with E-state index in [0.717, 1.165) is 24.7 Å². The van der Waals surface area contributed by atoms with Gasteiger partial charge in [-0.1, -0.05) is 27.7 Å². The topological polar surface area (TPSA) is 42.0 Å². The Morgan fingerprint density at radius 1 is 1.24 bits per heavy atom. The van der Waals surface area contributed by atoms with Crippen molar-refractivity contribution in [1.82, 2.24) is 4.98 Å². The zero-order chi connectivity index (χ0) is 14.8. The van der Waals surface area contributed by atoms with E-state index in [-0.39, 0.29) is 5.91 Å². The number of nitrogens with zero attached hydrogens (tertiary/aromatic N) is 1. The summed E-state index contributed by atoms with van der Waals surface area (Å²) in [6.07, 6.45) is 2.01. The molecule has 0 saturated heterocycles. The van der Waals surface area contributed by atoms with E-state index < -0.39 is 0 Å². The molecule has 21 heavy (non-hydrogen) atoms. The lowest BCUT2D eigenvalue weighted by Crippen LogP contribution is -2.11. The first-order valence-electron chi connectivity index (χ1n) is 6.17. The van der Waals surface area contributed by atoms with Crippen molar-refractivity contribution in [3.05, 3.63) is 52.5 Å². The number of anilines is 1.